The summed E-state index contributed by atoms with van der Waals surface area (Å²) in [6, 6.07) is 3.75. The number of hydrogen-bond acceptors (Lipinski definition) is 2. The highest BCUT2D eigenvalue weighted by Gasteiger charge is 2.11. The second kappa shape index (κ2) is 5.16. The van der Waals surface area contributed by atoms with Crippen molar-refractivity contribution >= 4 is 27.5 Å². The molecule has 4 heteroatoms. The fourth-order valence-corrected chi connectivity index (χ4v) is 1.92. The van der Waals surface area contributed by atoms with Crippen LogP contribution in [0.3, 0.4) is 0 Å². The maximum atomic E-state index is 11.1. The van der Waals surface area contributed by atoms with Crippen LogP contribution in [0, 0.1) is 0 Å². The molecule has 0 aliphatic heterocycles. The summed E-state index contributed by atoms with van der Waals surface area (Å²) >= 11 is 3.41. The van der Waals surface area contributed by atoms with Crippen molar-refractivity contribution in [2.24, 2.45) is 0 Å². The average Bonchev–Trinajstić information content (AvgIpc) is 2.20. The zero-order valence-electron chi connectivity index (χ0n) is 9.06. The van der Waals surface area contributed by atoms with Crippen molar-refractivity contribution < 1.29 is 9.53 Å². The Morgan fingerprint density at radius 2 is 2.20 bits per heavy atom. The Balaban J connectivity index is 3.25. The Labute approximate surface area is 97.9 Å². The molecule has 82 valence electrons. The van der Waals surface area contributed by atoms with Crippen LogP contribution in [0.5, 0.6) is 5.75 Å². The van der Waals surface area contributed by atoms with Crippen LogP contribution in [0.2, 0.25) is 0 Å². The number of halogens is 1. The fourth-order valence-electron chi connectivity index (χ4n) is 1.45. The van der Waals surface area contributed by atoms with Crippen LogP contribution in [0.15, 0.2) is 16.6 Å². The molecule has 0 radical (unpaired) electrons. The molecule has 0 bridgehead atoms. The minimum atomic E-state index is -0.0846. The Morgan fingerprint density at radius 1 is 1.53 bits per heavy atom. The van der Waals surface area contributed by atoms with Crippen molar-refractivity contribution in [3.05, 3.63) is 22.2 Å². The van der Waals surface area contributed by atoms with Gasteiger partial charge in [0.1, 0.15) is 5.75 Å². The molecule has 0 aliphatic rings. The quantitative estimate of drug-likeness (QED) is 0.918. The van der Waals surface area contributed by atoms with Gasteiger partial charge in [0.05, 0.1) is 12.8 Å². The molecule has 0 aliphatic carbocycles. The summed E-state index contributed by atoms with van der Waals surface area (Å²) < 4.78 is 6.11. The lowest BCUT2D eigenvalue weighted by Gasteiger charge is -2.14. The molecule has 1 aromatic rings. The van der Waals surface area contributed by atoms with Crippen LogP contribution in [0.1, 0.15) is 19.4 Å². The van der Waals surface area contributed by atoms with Gasteiger partial charge in [-0.05, 0) is 34.5 Å². The largest absolute Gasteiger partial charge is 0.496 e. The van der Waals surface area contributed by atoms with Gasteiger partial charge >= 0.3 is 0 Å². The van der Waals surface area contributed by atoms with Crippen molar-refractivity contribution in [3.63, 3.8) is 0 Å². The number of carbonyl (C=O) groups is 1. The minimum absolute atomic E-state index is 0.0846. The highest BCUT2D eigenvalue weighted by molar-refractivity contribution is 9.10. The van der Waals surface area contributed by atoms with Gasteiger partial charge in [0, 0.05) is 17.0 Å². The smallest absolute Gasteiger partial charge is 0.221 e. The average molecular weight is 272 g/mol. The predicted octanol–water partition coefficient (Wildman–Crippen LogP) is 2.98. The molecule has 0 fully saturated rings. The van der Waals surface area contributed by atoms with Crippen molar-refractivity contribution in [2.75, 3.05) is 12.4 Å². The monoisotopic (exact) mass is 271 g/mol. The SMILES string of the molecule is CCc1c(OC)ccc(Br)c1NC(C)=O. The van der Waals surface area contributed by atoms with Crippen LogP contribution < -0.4 is 10.1 Å². The first-order valence-corrected chi connectivity index (χ1v) is 5.52. The van der Waals surface area contributed by atoms with Crippen LogP contribution in [0.25, 0.3) is 0 Å². The van der Waals surface area contributed by atoms with E-state index in [1.165, 1.54) is 6.92 Å². The number of rotatable bonds is 3. The number of benzene rings is 1. The molecule has 0 saturated carbocycles. The normalized spacial score (nSPS) is 9.87. The molecule has 1 rings (SSSR count). The van der Waals surface area contributed by atoms with E-state index in [1.54, 1.807) is 7.11 Å². The first-order valence-electron chi connectivity index (χ1n) is 4.73. The van der Waals surface area contributed by atoms with E-state index in [-0.39, 0.29) is 5.91 Å². The number of anilines is 1. The van der Waals surface area contributed by atoms with Crippen molar-refractivity contribution in [3.8, 4) is 5.75 Å². The standard InChI is InChI=1S/C11H14BrNO2/c1-4-8-10(15-3)6-5-9(12)11(8)13-7(2)14/h5-6H,4H2,1-3H3,(H,13,14). The van der Waals surface area contributed by atoms with E-state index in [4.69, 9.17) is 4.74 Å². The predicted molar refractivity (Wildman–Crippen MR) is 64.4 cm³/mol. The summed E-state index contributed by atoms with van der Waals surface area (Å²) in [7, 11) is 1.62. The molecule has 0 unspecified atom stereocenters. The molecule has 1 amide bonds. The molecular formula is C11H14BrNO2. The lowest BCUT2D eigenvalue weighted by molar-refractivity contribution is -0.114. The van der Waals surface area contributed by atoms with Gasteiger partial charge in [0.2, 0.25) is 5.91 Å². The minimum Gasteiger partial charge on any atom is -0.496 e. The Morgan fingerprint density at radius 3 is 2.67 bits per heavy atom. The maximum absolute atomic E-state index is 11.1. The third-order valence-electron chi connectivity index (χ3n) is 2.09. The highest BCUT2D eigenvalue weighted by atomic mass is 79.9. The zero-order chi connectivity index (χ0) is 11.4. The van der Waals surface area contributed by atoms with Crippen LogP contribution >= 0.6 is 15.9 Å². The van der Waals surface area contributed by atoms with Gasteiger partial charge in [0.15, 0.2) is 0 Å². The number of hydrogen-bond donors (Lipinski definition) is 1. The van der Waals surface area contributed by atoms with E-state index in [0.29, 0.717) is 0 Å². The topological polar surface area (TPSA) is 38.3 Å². The van der Waals surface area contributed by atoms with Gasteiger partial charge in [-0.25, -0.2) is 0 Å². The lowest BCUT2D eigenvalue weighted by atomic mass is 10.1. The molecule has 0 heterocycles. The third-order valence-corrected chi connectivity index (χ3v) is 2.75. The first kappa shape index (κ1) is 12.0. The molecule has 0 spiro atoms. The fraction of sp³-hybridized carbons (Fsp3) is 0.364. The molecule has 1 N–H and O–H groups in total. The molecule has 15 heavy (non-hydrogen) atoms. The van der Waals surface area contributed by atoms with E-state index in [2.05, 4.69) is 21.2 Å². The number of amides is 1. The Hall–Kier alpha value is -1.03. The van der Waals surface area contributed by atoms with Gasteiger partial charge < -0.3 is 10.1 Å². The second-order valence-electron chi connectivity index (χ2n) is 3.14. The summed E-state index contributed by atoms with van der Waals surface area (Å²) in [6.07, 6.45) is 0.804. The Bertz CT molecular complexity index is 377. The van der Waals surface area contributed by atoms with Gasteiger partial charge in [-0.15, -0.1) is 0 Å². The summed E-state index contributed by atoms with van der Waals surface area (Å²) in [5.41, 5.74) is 1.80. The zero-order valence-corrected chi connectivity index (χ0v) is 10.6. The summed E-state index contributed by atoms with van der Waals surface area (Å²) in [4.78, 5) is 11.1. The van der Waals surface area contributed by atoms with Gasteiger partial charge in [-0.3, -0.25) is 4.79 Å². The summed E-state index contributed by atoms with van der Waals surface area (Å²) in [5.74, 6) is 0.711. The highest BCUT2D eigenvalue weighted by Crippen LogP contribution is 2.33. The van der Waals surface area contributed by atoms with E-state index >= 15 is 0 Å². The van der Waals surface area contributed by atoms with Crippen LogP contribution in [-0.4, -0.2) is 13.0 Å². The molecule has 0 atom stereocenters. The summed E-state index contributed by atoms with van der Waals surface area (Å²) in [6.45, 7) is 3.51. The number of ether oxygens (including phenoxy) is 1. The molecular weight excluding hydrogens is 258 g/mol. The molecule has 0 saturated heterocycles. The number of nitrogens with one attached hydrogen (secondary N) is 1. The van der Waals surface area contributed by atoms with Crippen molar-refractivity contribution in [2.45, 2.75) is 20.3 Å². The van der Waals surface area contributed by atoms with Gasteiger partial charge in [0.25, 0.3) is 0 Å². The third kappa shape index (κ3) is 2.72. The van der Waals surface area contributed by atoms with E-state index in [0.717, 1.165) is 27.9 Å². The van der Waals surface area contributed by atoms with E-state index in [1.807, 2.05) is 19.1 Å². The van der Waals surface area contributed by atoms with Gasteiger partial charge in [-0.2, -0.15) is 0 Å². The molecule has 0 aromatic heterocycles. The van der Waals surface area contributed by atoms with Crippen LogP contribution in [-0.2, 0) is 11.2 Å². The maximum Gasteiger partial charge on any atom is 0.221 e. The second-order valence-corrected chi connectivity index (χ2v) is 3.99. The van der Waals surface area contributed by atoms with Crippen LogP contribution in [0.4, 0.5) is 5.69 Å². The Kier molecular flexibility index (Phi) is 4.15. The number of methoxy groups -OCH3 is 1. The molecule has 3 nitrogen and oxygen atoms in total. The number of carbonyl (C=O) groups excluding carboxylic acids is 1. The van der Waals surface area contributed by atoms with Crippen molar-refractivity contribution in [1.82, 2.24) is 0 Å². The summed E-state index contributed by atoms with van der Waals surface area (Å²) in [5, 5.41) is 2.80. The van der Waals surface area contributed by atoms with Gasteiger partial charge in [-0.1, -0.05) is 6.92 Å². The van der Waals surface area contributed by atoms with Crippen molar-refractivity contribution in [1.29, 1.82) is 0 Å². The first-order chi connectivity index (χ1) is 7.10. The lowest BCUT2D eigenvalue weighted by Crippen LogP contribution is -2.09. The van der Waals surface area contributed by atoms with E-state index < -0.39 is 0 Å². The van der Waals surface area contributed by atoms with E-state index in [9.17, 15) is 4.79 Å². The molecule has 1 aromatic carbocycles.